The Bertz CT molecular complexity index is 1410. The van der Waals surface area contributed by atoms with E-state index in [4.69, 9.17) is 5.26 Å². The van der Waals surface area contributed by atoms with E-state index >= 15 is 0 Å². The van der Waals surface area contributed by atoms with Crippen LogP contribution in [0.2, 0.25) is 0 Å². The zero-order valence-electron chi connectivity index (χ0n) is 21.9. The molecule has 9 heteroatoms. The third-order valence-corrected chi connectivity index (χ3v) is 7.64. The van der Waals surface area contributed by atoms with Crippen LogP contribution in [0.5, 0.6) is 0 Å². The van der Waals surface area contributed by atoms with Gasteiger partial charge in [-0.15, -0.1) is 0 Å². The predicted octanol–water partition coefficient (Wildman–Crippen LogP) is 4.37. The van der Waals surface area contributed by atoms with Crippen LogP contribution < -0.4 is 0 Å². The molecule has 1 amide bonds. The van der Waals surface area contributed by atoms with Crippen molar-refractivity contribution in [2.75, 3.05) is 39.8 Å². The Morgan fingerprint density at radius 1 is 1.03 bits per heavy atom. The first-order valence-electron chi connectivity index (χ1n) is 13.2. The van der Waals surface area contributed by atoms with Gasteiger partial charge in [-0.25, -0.2) is 8.78 Å². The molecule has 7 nitrogen and oxygen atoms in total. The molecule has 2 fully saturated rings. The number of Topliss-reactive ketones (excluding diaryl/α,β-unsaturated/α-hetero) is 1. The molecule has 3 heterocycles. The summed E-state index contributed by atoms with van der Waals surface area (Å²) in [6.07, 6.45) is 0.517. The second kappa shape index (κ2) is 11.2. The number of likely N-dealkylation sites (N-methyl/N-ethyl adjacent to an activating group) is 1. The van der Waals surface area contributed by atoms with Crippen LogP contribution in [-0.4, -0.2) is 83.1 Å². The Hall–Kier alpha value is -3.74. The zero-order chi connectivity index (χ0) is 27.6. The lowest BCUT2D eigenvalue weighted by atomic mass is 9.97. The average Bonchev–Trinajstić information content (AvgIpc) is 3.27. The summed E-state index contributed by atoms with van der Waals surface area (Å²) in [5.41, 5.74) is 4.31. The normalized spacial score (nSPS) is 19.7. The molecule has 0 radical (unpaired) electrons. The average molecular weight is 532 g/mol. The molecule has 1 aromatic heterocycles. The summed E-state index contributed by atoms with van der Waals surface area (Å²) in [4.78, 5) is 35.8. The number of carbonyl (C=O) groups is 2. The molecule has 0 aliphatic carbocycles. The minimum Gasteiger partial charge on any atom is -0.320 e. The zero-order valence-corrected chi connectivity index (χ0v) is 21.9. The van der Waals surface area contributed by atoms with E-state index in [1.807, 2.05) is 18.2 Å². The van der Waals surface area contributed by atoms with Gasteiger partial charge in [0.15, 0.2) is 5.78 Å². The number of hydrogen-bond donors (Lipinski definition) is 0. The number of hydrogen-bond acceptors (Lipinski definition) is 6. The molecule has 5 rings (SSSR count). The predicted molar refractivity (Wildman–Crippen MR) is 144 cm³/mol. The lowest BCUT2D eigenvalue weighted by molar-refractivity contribution is -0.132. The molecular weight excluding hydrogens is 500 g/mol. The molecule has 0 bridgehead atoms. The summed E-state index contributed by atoms with van der Waals surface area (Å²) < 4.78 is 27.5. The first-order valence-corrected chi connectivity index (χ1v) is 13.2. The Kier molecular flexibility index (Phi) is 7.69. The van der Waals surface area contributed by atoms with Gasteiger partial charge >= 0.3 is 0 Å². The highest BCUT2D eigenvalue weighted by Crippen LogP contribution is 2.32. The van der Waals surface area contributed by atoms with Gasteiger partial charge in [-0.1, -0.05) is 30.3 Å². The van der Waals surface area contributed by atoms with Crippen molar-refractivity contribution in [3.8, 4) is 17.2 Å². The van der Waals surface area contributed by atoms with Crippen molar-refractivity contribution in [3.63, 3.8) is 0 Å². The number of halogens is 2. The van der Waals surface area contributed by atoms with E-state index in [2.05, 4.69) is 46.1 Å². The highest BCUT2D eigenvalue weighted by atomic mass is 19.3. The first-order chi connectivity index (χ1) is 18.7. The fourth-order valence-electron chi connectivity index (χ4n) is 5.33. The van der Waals surface area contributed by atoms with Crippen LogP contribution in [0.15, 0.2) is 54.7 Å². The number of carbonyl (C=O) groups excluding carboxylic acids is 2. The number of fused-ring (bicyclic) bond motifs is 1. The molecule has 2 aromatic carbocycles. The van der Waals surface area contributed by atoms with Gasteiger partial charge in [0.25, 0.3) is 5.92 Å². The molecule has 2 aliphatic rings. The lowest BCUT2D eigenvalue weighted by Crippen LogP contribution is -2.43. The van der Waals surface area contributed by atoms with Crippen LogP contribution in [0.25, 0.3) is 22.0 Å². The number of rotatable bonds is 7. The Morgan fingerprint density at radius 3 is 2.46 bits per heavy atom. The summed E-state index contributed by atoms with van der Waals surface area (Å²) >= 11 is 0. The van der Waals surface area contributed by atoms with E-state index in [0.717, 1.165) is 48.8 Å². The molecule has 39 heavy (non-hydrogen) atoms. The van der Waals surface area contributed by atoms with Crippen molar-refractivity contribution in [1.29, 1.82) is 5.26 Å². The van der Waals surface area contributed by atoms with Crippen molar-refractivity contribution in [1.82, 2.24) is 19.7 Å². The van der Waals surface area contributed by atoms with E-state index in [9.17, 15) is 18.4 Å². The quantitative estimate of drug-likeness (QED) is 0.421. The molecule has 202 valence electrons. The van der Waals surface area contributed by atoms with E-state index in [-0.39, 0.29) is 18.6 Å². The highest BCUT2D eigenvalue weighted by Gasteiger charge is 2.47. The fourth-order valence-corrected chi connectivity index (χ4v) is 5.33. The maximum absolute atomic E-state index is 13.7. The topological polar surface area (TPSA) is 80.5 Å². The van der Waals surface area contributed by atoms with Crippen molar-refractivity contribution in [3.05, 3.63) is 65.9 Å². The molecule has 2 aliphatic heterocycles. The Morgan fingerprint density at radius 2 is 1.74 bits per heavy atom. The van der Waals surface area contributed by atoms with Gasteiger partial charge in [0.1, 0.15) is 6.04 Å². The number of nitrogens with zero attached hydrogens (tertiary/aromatic N) is 5. The standard InChI is InChI=1S/C30H31F2N5O2/c1-35-12-14-36(15-13-35)19-21-2-4-22(5-3-21)23-6-7-27-26(16-23)25(10-11-34-27)28(38)8-9-29(39)37-20-30(31,32)17-24(37)18-33/h2-7,10-11,16,24H,8-9,12-15,17,19-20H2,1H3/t24-/m0/s1. The van der Waals surface area contributed by atoms with Crippen molar-refractivity contribution in [2.24, 2.45) is 0 Å². The summed E-state index contributed by atoms with van der Waals surface area (Å²) in [7, 11) is 2.15. The monoisotopic (exact) mass is 531 g/mol. The maximum Gasteiger partial charge on any atom is 0.268 e. The number of aromatic nitrogens is 1. The van der Waals surface area contributed by atoms with Crippen LogP contribution in [0.1, 0.15) is 35.2 Å². The second-order valence-corrected chi connectivity index (χ2v) is 10.5. The van der Waals surface area contributed by atoms with Crippen LogP contribution in [-0.2, 0) is 11.3 Å². The van der Waals surface area contributed by atoms with Crippen LogP contribution in [0, 0.1) is 11.3 Å². The molecule has 2 saturated heterocycles. The summed E-state index contributed by atoms with van der Waals surface area (Å²) in [6, 6.07) is 16.4. The van der Waals surface area contributed by atoms with Crippen LogP contribution >= 0.6 is 0 Å². The number of amides is 1. The van der Waals surface area contributed by atoms with Gasteiger partial charge in [-0.3, -0.25) is 19.5 Å². The van der Waals surface area contributed by atoms with Crippen molar-refractivity contribution < 1.29 is 18.4 Å². The SMILES string of the molecule is CN1CCN(Cc2ccc(-c3ccc4nccc(C(=O)CCC(=O)N5CC(F)(F)C[C@H]5C#N)c4c3)cc2)CC1. The number of ketones is 1. The molecule has 1 atom stereocenters. The Balaban J connectivity index is 1.28. The van der Waals surface area contributed by atoms with E-state index in [1.165, 1.54) is 5.56 Å². The molecule has 0 unspecified atom stereocenters. The smallest absolute Gasteiger partial charge is 0.268 e. The largest absolute Gasteiger partial charge is 0.320 e. The van der Waals surface area contributed by atoms with Gasteiger partial charge in [-0.05, 0) is 41.9 Å². The Labute approximate surface area is 226 Å². The number of benzene rings is 2. The van der Waals surface area contributed by atoms with Crippen molar-refractivity contribution in [2.45, 2.75) is 37.8 Å². The summed E-state index contributed by atoms with van der Waals surface area (Å²) in [5.74, 6) is -3.96. The lowest BCUT2D eigenvalue weighted by Gasteiger charge is -2.32. The summed E-state index contributed by atoms with van der Waals surface area (Å²) in [6.45, 7) is 4.40. The molecule has 0 saturated carbocycles. The van der Waals surface area contributed by atoms with Gasteiger partial charge in [0, 0.05) is 69.1 Å². The number of nitriles is 1. The highest BCUT2D eigenvalue weighted by molar-refractivity contribution is 6.08. The molecule has 0 spiro atoms. The van der Waals surface area contributed by atoms with Gasteiger partial charge in [0.05, 0.1) is 18.1 Å². The minimum atomic E-state index is -3.08. The summed E-state index contributed by atoms with van der Waals surface area (Å²) in [5, 5.41) is 9.83. The number of pyridine rings is 1. The molecule has 0 N–H and O–H groups in total. The van der Waals surface area contributed by atoms with Gasteiger partial charge in [0.2, 0.25) is 5.91 Å². The third-order valence-electron chi connectivity index (χ3n) is 7.64. The van der Waals surface area contributed by atoms with Gasteiger partial charge in [-0.2, -0.15) is 5.26 Å². The van der Waals surface area contributed by atoms with Crippen LogP contribution in [0.4, 0.5) is 8.78 Å². The fraction of sp³-hybridized carbons (Fsp3) is 0.400. The molecular formula is C30H31F2N5O2. The first kappa shape index (κ1) is 26.9. The third kappa shape index (κ3) is 6.13. The number of alkyl halides is 2. The number of likely N-dealkylation sites (tertiary alicyclic amines) is 1. The van der Waals surface area contributed by atoms with E-state index in [0.29, 0.717) is 16.5 Å². The maximum atomic E-state index is 13.7. The van der Waals surface area contributed by atoms with Crippen molar-refractivity contribution >= 4 is 22.6 Å². The van der Waals surface area contributed by atoms with Gasteiger partial charge < -0.3 is 9.80 Å². The van der Waals surface area contributed by atoms with E-state index < -0.39 is 30.8 Å². The molecule has 3 aromatic rings. The van der Waals surface area contributed by atoms with Crippen LogP contribution in [0.3, 0.4) is 0 Å². The number of piperazine rings is 1. The minimum absolute atomic E-state index is 0.136. The second-order valence-electron chi connectivity index (χ2n) is 10.5. The van der Waals surface area contributed by atoms with E-state index in [1.54, 1.807) is 18.3 Å².